The Labute approximate surface area is 202 Å². The van der Waals surface area contributed by atoms with E-state index in [0.717, 1.165) is 32.6 Å². The van der Waals surface area contributed by atoms with E-state index in [1.54, 1.807) is 12.1 Å². The summed E-state index contributed by atoms with van der Waals surface area (Å²) in [5.74, 6) is -8.32. The third kappa shape index (κ3) is 4.90. The Balaban J connectivity index is 1.67. The average molecular weight is 514 g/mol. The number of benzene rings is 2. The van der Waals surface area contributed by atoms with Crippen LogP contribution in [0.1, 0.15) is 67.4 Å². The molecule has 1 atom stereocenters. The predicted molar refractivity (Wildman–Crippen MR) is 123 cm³/mol. The highest BCUT2D eigenvalue weighted by Crippen LogP contribution is 2.45. The maximum absolute atomic E-state index is 14.3. The van der Waals surface area contributed by atoms with Crippen molar-refractivity contribution in [3.63, 3.8) is 0 Å². The summed E-state index contributed by atoms with van der Waals surface area (Å²) < 4.78 is 87.8. The first-order valence-corrected chi connectivity index (χ1v) is 13.5. The van der Waals surface area contributed by atoms with Crippen LogP contribution in [0, 0.1) is 36.1 Å². The number of hydrogen-bond donors (Lipinski definition) is 0. The highest BCUT2D eigenvalue weighted by atomic mass is 32.2. The largest absolute Gasteiger partial charge is 0.441 e. The molecule has 0 N–H and O–H groups in total. The van der Waals surface area contributed by atoms with Gasteiger partial charge in [0.25, 0.3) is 0 Å². The first-order valence-electron chi connectivity index (χ1n) is 11.7. The van der Waals surface area contributed by atoms with Gasteiger partial charge in [-0.1, -0.05) is 25.8 Å². The van der Waals surface area contributed by atoms with Gasteiger partial charge in [-0.05, 0) is 43.9 Å². The summed E-state index contributed by atoms with van der Waals surface area (Å²) in [5.41, 5.74) is -0.325. The third-order valence-corrected chi connectivity index (χ3v) is 8.24. The van der Waals surface area contributed by atoms with E-state index in [9.17, 15) is 30.8 Å². The number of cyclic esters (lactones) is 1. The second-order valence-electron chi connectivity index (χ2n) is 9.29. The van der Waals surface area contributed by atoms with Gasteiger partial charge in [-0.2, -0.15) is 0 Å². The molecule has 10 heteroatoms. The Morgan fingerprint density at radius 2 is 1.63 bits per heavy atom. The zero-order chi connectivity index (χ0) is 25.5. The maximum Gasteiger partial charge on any atom is 0.414 e. The van der Waals surface area contributed by atoms with E-state index in [0.29, 0.717) is 29.8 Å². The zero-order valence-corrected chi connectivity index (χ0v) is 20.4. The number of rotatable bonds is 7. The SMILES string of the molecule is CCCN1C(=O)OC(C2CCCC2)c2cc(CS(=O)(=O)Cc3c(F)c(F)c(C)c(F)c3F)ccc21. The number of fused-ring (bicyclic) bond motifs is 1. The van der Waals surface area contributed by atoms with Crippen LogP contribution in [0.2, 0.25) is 0 Å². The highest BCUT2D eigenvalue weighted by molar-refractivity contribution is 7.89. The van der Waals surface area contributed by atoms with E-state index in [-0.39, 0.29) is 5.92 Å². The summed E-state index contributed by atoms with van der Waals surface area (Å²) in [6, 6.07) is 4.84. The van der Waals surface area contributed by atoms with Crippen LogP contribution in [0.3, 0.4) is 0 Å². The van der Waals surface area contributed by atoms with Crippen molar-refractivity contribution in [3.8, 4) is 0 Å². The van der Waals surface area contributed by atoms with Gasteiger partial charge < -0.3 is 4.74 Å². The monoisotopic (exact) mass is 513 g/mol. The van der Waals surface area contributed by atoms with Gasteiger partial charge in [-0.3, -0.25) is 4.90 Å². The lowest BCUT2D eigenvalue weighted by Gasteiger charge is -2.36. The first kappa shape index (κ1) is 25.5. The Kier molecular flexibility index (Phi) is 7.13. The van der Waals surface area contributed by atoms with Gasteiger partial charge in [0.15, 0.2) is 33.1 Å². The van der Waals surface area contributed by atoms with Crippen molar-refractivity contribution in [1.82, 2.24) is 0 Å². The molecule has 0 aromatic heterocycles. The van der Waals surface area contributed by atoms with Crippen molar-refractivity contribution in [2.75, 3.05) is 11.4 Å². The number of ether oxygens (including phenoxy) is 1. The number of halogens is 4. The van der Waals surface area contributed by atoms with Crippen LogP contribution in [0.25, 0.3) is 0 Å². The van der Waals surface area contributed by atoms with Crippen LogP contribution < -0.4 is 4.90 Å². The quantitative estimate of drug-likeness (QED) is 0.324. The fourth-order valence-electron chi connectivity index (χ4n) is 4.99. The minimum atomic E-state index is -4.21. The number of anilines is 1. The minimum Gasteiger partial charge on any atom is -0.441 e. The molecule has 2 aromatic rings. The molecule has 0 bridgehead atoms. The Bertz CT molecular complexity index is 1230. The van der Waals surface area contributed by atoms with Gasteiger partial charge in [-0.15, -0.1) is 0 Å². The normalized spacial score (nSPS) is 18.6. The smallest absolute Gasteiger partial charge is 0.414 e. The molecule has 4 rings (SSSR count). The number of nitrogens with zero attached hydrogens (tertiary/aromatic N) is 1. The zero-order valence-electron chi connectivity index (χ0n) is 19.5. The molecule has 1 saturated carbocycles. The molecule has 190 valence electrons. The van der Waals surface area contributed by atoms with E-state index in [4.69, 9.17) is 4.74 Å². The molecular formula is C25H27F4NO4S. The molecule has 1 fully saturated rings. The Morgan fingerprint density at radius 1 is 1.00 bits per heavy atom. The maximum atomic E-state index is 14.3. The average Bonchev–Trinajstić information content (AvgIpc) is 3.35. The number of amides is 1. The van der Waals surface area contributed by atoms with Crippen LogP contribution in [0.4, 0.5) is 28.0 Å². The summed E-state index contributed by atoms with van der Waals surface area (Å²) in [6.07, 6.45) is 3.55. The summed E-state index contributed by atoms with van der Waals surface area (Å²) in [4.78, 5) is 14.2. The molecule has 2 aliphatic rings. The van der Waals surface area contributed by atoms with Crippen LogP contribution in [0.15, 0.2) is 18.2 Å². The molecule has 1 aliphatic heterocycles. The second kappa shape index (κ2) is 9.79. The Morgan fingerprint density at radius 3 is 2.23 bits per heavy atom. The fraction of sp³-hybridized carbons (Fsp3) is 0.480. The molecule has 5 nitrogen and oxygen atoms in total. The summed E-state index contributed by atoms with van der Waals surface area (Å²) in [6.45, 7) is 3.23. The van der Waals surface area contributed by atoms with Gasteiger partial charge in [0.05, 0.1) is 17.2 Å². The lowest BCUT2D eigenvalue weighted by Crippen LogP contribution is -2.39. The number of hydrogen-bond acceptors (Lipinski definition) is 4. The lowest BCUT2D eigenvalue weighted by molar-refractivity contribution is 0.0615. The number of carbonyl (C=O) groups excluding carboxylic acids is 1. The summed E-state index contributed by atoms with van der Waals surface area (Å²) in [5, 5.41) is 0. The molecule has 35 heavy (non-hydrogen) atoms. The predicted octanol–water partition coefficient (Wildman–Crippen LogP) is 6.26. The molecule has 0 spiro atoms. The van der Waals surface area contributed by atoms with E-state index in [1.807, 2.05) is 6.92 Å². The van der Waals surface area contributed by atoms with Gasteiger partial charge in [-0.25, -0.2) is 30.8 Å². The first-order chi connectivity index (χ1) is 16.5. The Hall–Kier alpha value is -2.62. The third-order valence-electron chi connectivity index (χ3n) is 6.74. The molecule has 1 heterocycles. The van der Waals surface area contributed by atoms with Crippen LogP contribution in [0.5, 0.6) is 0 Å². The molecule has 0 radical (unpaired) electrons. The van der Waals surface area contributed by atoms with Crippen molar-refractivity contribution >= 4 is 21.6 Å². The minimum absolute atomic E-state index is 0.120. The fourth-order valence-corrected chi connectivity index (χ4v) is 6.47. The number of sulfone groups is 1. The van der Waals surface area contributed by atoms with Gasteiger partial charge in [0.1, 0.15) is 6.10 Å². The molecule has 0 saturated heterocycles. The molecule has 1 aliphatic carbocycles. The standard InChI is InChI=1S/C25H27F4NO4S/c1-3-10-30-19-9-8-15(11-17(19)24(34-25(30)31)16-6-4-5-7-16)12-35(32,33)13-18-22(28)20(26)14(2)21(27)23(18)29/h8-9,11,16,24H,3-7,10,12-13H2,1-2H3. The van der Waals surface area contributed by atoms with Crippen molar-refractivity contribution in [2.45, 2.75) is 63.6 Å². The van der Waals surface area contributed by atoms with Crippen molar-refractivity contribution in [2.24, 2.45) is 5.92 Å². The number of carbonyl (C=O) groups is 1. The van der Waals surface area contributed by atoms with Crippen LogP contribution in [-0.2, 0) is 26.1 Å². The van der Waals surface area contributed by atoms with Crippen molar-refractivity contribution in [1.29, 1.82) is 0 Å². The lowest BCUT2D eigenvalue weighted by atomic mass is 9.90. The highest BCUT2D eigenvalue weighted by Gasteiger charge is 2.38. The van der Waals surface area contributed by atoms with Gasteiger partial charge >= 0.3 is 6.09 Å². The van der Waals surface area contributed by atoms with Crippen LogP contribution >= 0.6 is 0 Å². The summed E-state index contributed by atoms with van der Waals surface area (Å²) >= 11 is 0. The van der Waals surface area contributed by atoms with E-state index in [1.165, 1.54) is 11.0 Å². The topological polar surface area (TPSA) is 63.7 Å². The second-order valence-corrected chi connectivity index (χ2v) is 11.3. The van der Waals surface area contributed by atoms with Crippen LogP contribution in [-0.4, -0.2) is 21.1 Å². The summed E-state index contributed by atoms with van der Waals surface area (Å²) in [7, 11) is -4.21. The van der Waals surface area contributed by atoms with Gasteiger partial charge in [0.2, 0.25) is 0 Å². The van der Waals surface area contributed by atoms with Crippen molar-refractivity contribution < 1.29 is 35.5 Å². The molecule has 1 amide bonds. The van der Waals surface area contributed by atoms with Crippen molar-refractivity contribution in [3.05, 3.63) is 63.7 Å². The van der Waals surface area contributed by atoms with Gasteiger partial charge in [0, 0.05) is 29.2 Å². The van der Waals surface area contributed by atoms with E-state index < -0.39 is 67.9 Å². The molecular weight excluding hydrogens is 486 g/mol. The van der Waals surface area contributed by atoms with E-state index >= 15 is 0 Å². The van der Waals surface area contributed by atoms with E-state index in [2.05, 4.69) is 0 Å². The molecule has 2 aromatic carbocycles. The molecule has 1 unspecified atom stereocenters.